The zero-order valence-electron chi connectivity index (χ0n) is 16.4. The molecule has 3 aromatic rings. The van der Waals surface area contributed by atoms with Gasteiger partial charge >= 0.3 is 0 Å². The van der Waals surface area contributed by atoms with Gasteiger partial charge in [0.05, 0.1) is 5.56 Å². The van der Waals surface area contributed by atoms with E-state index in [1.54, 1.807) is 12.5 Å². The molecular weight excluding hydrogens is 384 g/mol. The molecule has 0 atom stereocenters. The molecule has 29 heavy (non-hydrogen) atoms. The van der Waals surface area contributed by atoms with Crippen molar-refractivity contribution in [1.82, 2.24) is 14.6 Å². The molecule has 0 saturated carbocycles. The summed E-state index contributed by atoms with van der Waals surface area (Å²) in [5.74, 6) is 1.63. The van der Waals surface area contributed by atoms with Crippen LogP contribution < -0.4 is 4.74 Å². The van der Waals surface area contributed by atoms with E-state index in [1.165, 1.54) is 25.7 Å². The Hall–Kier alpha value is -2.79. The standard InChI is InChI=1S/C23H25ClN4O/c24-20-11-9-19(10-12-20)17-29-22-8-4-3-7-21(22)23(27-16-13-25-18-27)26-28-14-5-1-2-6-15-28/h3-4,7-13,16,18H,1-2,5-6,14-15,17H2. The summed E-state index contributed by atoms with van der Waals surface area (Å²) in [6.07, 6.45) is 10.4. The second-order valence-electron chi connectivity index (χ2n) is 7.17. The first-order chi connectivity index (χ1) is 14.3. The van der Waals surface area contributed by atoms with Crippen molar-refractivity contribution in [1.29, 1.82) is 0 Å². The summed E-state index contributed by atoms with van der Waals surface area (Å²) in [6, 6.07) is 15.7. The molecule has 0 radical (unpaired) electrons. The van der Waals surface area contributed by atoms with Gasteiger partial charge in [0, 0.05) is 30.5 Å². The molecule has 0 spiro atoms. The Labute approximate surface area is 176 Å². The molecule has 1 aromatic heterocycles. The van der Waals surface area contributed by atoms with Crippen LogP contribution in [-0.2, 0) is 6.61 Å². The smallest absolute Gasteiger partial charge is 0.169 e. The van der Waals surface area contributed by atoms with E-state index in [0.717, 1.165) is 40.8 Å². The van der Waals surface area contributed by atoms with E-state index in [9.17, 15) is 0 Å². The third kappa shape index (κ3) is 5.18. The molecule has 2 heterocycles. The van der Waals surface area contributed by atoms with Crippen LogP contribution in [0.1, 0.15) is 36.8 Å². The summed E-state index contributed by atoms with van der Waals surface area (Å²) in [5, 5.41) is 7.91. The minimum Gasteiger partial charge on any atom is -0.488 e. The number of para-hydroxylation sites is 1. The number of halogens is 1. The maximum Gasteiger partial charge on any atom is 0.169 e. The number of rotatable bonds is 5. The van der Waals surface area contributed by atoms with E-state index in [4.69, 9.17) is 21.4 Å². The molecule has 0 unspecified atom stereocenters. The van der Waals surface area contributed by atoms with Crippen LogP contribution in [0.15, 0.2) is 72.4 Å². The Morgan fingerprint density at radius 2 is 1.76 bits per heavy atom. The normalized spacial score (nSPS) is 15.2. The lowest BCUT2D eigenvalue weighted by Crippen LogP contribution is -2.24. The predicted molar refractivity (Wildman–Crippen MR) is 116 cm³/mol. The summed E-state index contributed by atoms with van der Waals surface area (Å²) >= 11 is 5.99. The van der Waals surface area contributed by atoms with Crippen LogP contribution in [0.4, 0.5) is 0 Å². The molecule has 0 bridgehead atoms. The lowest BCUT2D eigenvalue weighted by Gasteiger charge is -2.20. The van der Waals surface area contributed by atoms with Crippen LogP contribution in [0.25, 0.3) is 0 Å². The first-order valence-corrected chi connectivity index (χ1v) is 10.5. The van der Waals surface area contributed by atoms with Crippen molar-refractivity contribution in [2.24, 2.45) is 5.10 Å². The first-order valence-electron chi connectivity index (χ1n) is 10.1. The van der Waals surface area contributed by atoms with Gasteiger partial charge in [0.25, 0.3) is 0 Å². The molecule has 1 fully saturated rings. The fourth-order valence-electron chi connectivity index (χ4n) is 3.44. The quantitative estimate of drug-likeness (QED) is 0.430. The predicted octanol–water partition coefficient (Wildman–Crippen LogP) is 5.20. The summed E-state index contributed by atoms with van der Waals surface area (Å²) < 4.78 is 8.13. The third-order valence-electron chi connectivity index (χ3n) is 5.00. The number of hydrogen-bond acceptors (Lipinski definition) is 4. The molecule has 5 nitrogen and oxygen atoms in total. The molecule has 1 saturated heterocycles. The third-order valence-corrected chi connectivity index (χ3v) is 5.26. The van der Waals surface area contributed by atoms with Gasteiger partial charge in [-0.2, -0.15) is 5.10 Å². The van der Waals surface area contributed by atoms with E-state index in [2.05, 4.69) is 9.99 Å². The van der Waals surface area contributed by atoms with Crippen LogP contribution in [0.5, 0.6) is 5.75 Å². The largest absolute Gasteiger partial charge is 0.488 e. The minimum absolute atomic E-state index is 0.467. The molecule has 0 aliphatic carbocycles. The maximum absolute atomic E-state index is 6.18. The van der Waals surface area contributed by atoms with Crippen molar-refractivity contribution in [2.75, 3.05) is 13.1 Å². The van der Waals surface area contributed by atoms with Crippen LogP contribution in [0, 0.1) is 0 Å². The minimum atomic E-state index is 0.467. The zero-order valence-corrected chi connectivity index (χ0v) is 17.1. The number of imidazole rings is 1. The number of nitrogens with zero attached hydrogens (tertiary/aromatic N) is 4. The summed E-state index contributed by atoms with van der Waals surface area (Å²) in [6.45, 7) is 2.42. The SMILES string of the molecule is Clc1ccc(COc2ccccc2C(=NN2CCCCCC2)n2ccnc2)cc1. The van der Waals surface area contributed by atoms with Gasteiger partial charge in [-0.05, 0) is 42.7 Å². The highest BCUT2D eigenvalue weighted by Crippen LogP contribution is 2.23. The van der Waals surface area contributed by atoms with Gasteiger partial charge in [-0.25, -0.2) is 4.98 Å². The van der Waals surface area contributed by atoms with E-state index < -0.39 is 0 Å². The maximum atomic E-state index is 6.18. The summed E-state index contributed by atoms with van der Waals surface area (Å²) in [7, 11) is 0. The van der Waals surface area contributed by atoms with Crippen molar-refractivity contribution in [3.63, 3.8) is 0 Å². The molecular formula is C23H25ClN4O. The Morgan fingerprint density at radius 3 is 2.48 bits per heavy atom. The van der Waals surface area contributed by atoms with E-state index in [0.29, 0.717) is 6.61 Å². The van der Waals surface area contributed by atoms with Gasteiger partial charge in [0.15, 0.2) is 5.84 Å². The number of ether oxygens (including phenoxy) is 1. The average Bonchev–Trinajstić information content (AvgIpc) is 3.16. The number of hydrazone groups is 1. The van der Waals surface area contributed by atoms with Gasteiger partial charge < -0.3 is 4.74 Å². The highest BCUT2D eigenvalue weighted by molar-refractivity contribution is 6.30. The van der Waals surface area contributed by atoms with Crippen molar-refractivity contribution in [3.05, 3.63) is 83.4 Å². The van der Waals surface area contributed by atoms with Crippen LogP contribution in [-0.4, -0.2) is 33.5 Å². The van der Waals surface area contributed by atoms with Crippen LogP contribution >= 0.6 is 11.6 Å². The van der Waals surface area contributed by atoms with Crippen LogP contribution in [0.2, 0.25) is 5.02 Å². The highest BCUT2D eigenvalue weighted by atomic mass is 35.5. The first kappa shape index (κ1) is 19.5. The topological polar surface area (TPSA) is 42.6 Å². The van der Waals surface area contributed by atoms with Crippen molar-refractivity contribution in [2.45, 2.75) is 32.3 Å². The van der Waals surface area contributed by atoms with Crippen molar-refractivity contribution < 1.29 is 4.74 Å². The fraction of sp³-hybridized carbons (Fsp3) is 0.304. The van der Waals surface area contributed by atoms with E-state index in [-0.39, 0.29) is 0 Å². The lowest BCUT2D eigenvalue weighted by atomic mass is 10.1. The molecule has 6 heteroatoms. The fourth-order valence-corrected chi connectivity index (χ4v) is 3.56. The summed E-state index contributed by atoms with van der Waals surface area (Å²) in [4.78, 5) is 4.22. The summed E-state index contributed by atoms with van der Waals surface area (Å²) in [5.41, 5.74) is 2.02. The van der Waals surface area contributed by atoms with Crippen molar-refractivity contribution >= 4 is 17.4 Å². The van der Waals surface area contributed by atoms with Gasteiger partial charge in [-0.1, -0.05) is 48.7 Å². The Kier molecular flexibility index (Phi) is 6.47. The van der Waals surface area contributed by atoms with Gasteiger partial charge in [-0.3, -0.25) is 9.58 Å². The molecule has 0 N–H and O–H groups in total. The lowest BCUT2D eigenvalue weighted by molar-refractivity contribution is 0.297. The molecule has 1 aliphatic rings. The number of hydrogen-bond donors (Lipinski definition) is 0. The Bertz CT molecular complexity index is 930. The second kappa shape index (κ2) is 9.61. The van der Waals surface area contributed by atoms with Gasteiger partial charge in [0.1, 0.15) is 18.7 Å². The Morgan fingerprint density at radius 1 is 1.00 bits per heavy atom. The number of aromatic nitrogens is 2. The van der Waals surface area contributed by atoms with E-state index >= 15 is 0 Å². The van der Waals surface area contributed by atoms with Crippen molar-refractivity contribution in [3.8, 4) is 5.75 Å². The molecule has 150 valence electrons. The number of benzene rings is 2. The molecule has 2 aromatic carbocycles. The van der Waals surface area contributed by atoms with E-state index in [1.807, 2.05) is 59.3 Å². The average molecular weight is 409 g/mol. The van der Waals surface area contributed by atoms with Gasteiger partial charge in [0.2, 0.25) is 0 Å². The second-order valence-corrected chi connectivity index (χ2v) is 7.61. The molecule has 0 amide bonds. The monoisotopic (exact) mass is 408 g/mol. The molecule has 1 aliphatic heterocycles. The van der Waals surface area contributed by atoms with Crippen LogP contribution in [0.3, 0.4) is 0 Å². The van der Waals surface area contributed by atoms with Gasteiger partial charge in [-0.15, -0.1) is 0 Å². The highest BCUT2D eigenvalue weighted by Gasteiger charge is 2.15. The zero-order chi connectivity index (χ0) is 19.9. The Balaban J connectivity index is 1.63. The molecule has 4 rings (SSSR count).